The quantitative estimate of drug-likeness (QED) is 0.917. The zero-order valence-corrected chi connectivity index (χ0v) is 11.4. The van der Waals surface area contributed by atoms with Crippen LogP contribution in [0.1, 0.15) is 24.4 Å². The normalized spacial score (nSPS) is 12.5. The Balaban J connectivity index is 2.45. The molecule has 0 fully saturated rings. The van der Waals surface area contributed by atoms with Gasteiger partial charge in [0.25, 0.3) is 0 Å². The molecule has 1 N–H and O–H groups in total. The van der Waals surface area contributed by atoms with Crippen LogP contribution in [0, 0.1) is 12.7 Å². The third-order valence-corrected chi connectivity index (χ3v) is 3.15. The van der Waals surface area contributed by atoms with Crippen molar-refractivity contribution >= 4 is 0 Å². The van der Waals surface area contributed by atoms with Crippen molar-refractivity contribution in [2.24, 2.45) is 0 Å². The number of hydrogen-bond donors (Lipinski definition) is 1. The molecule has 1 heterocycles. The van der Waals surface area contributed by atoms with Crippen LogP contribution in [0.25, 0.3) is 5.69 Å². The van der Waals surface area contributed by atoms with Gasteiger partial charge in [0, 0.05) is 6.07 Å². The zero-order chi connectivity index (χ0) is 14.0. The van der Waals surface area contributed by atoms with Gasteiger partial charge in [-0.2, -0.15) is 0 Å². The smallest absolute Gasteiger partial charge is 0.165 e. The van der Waals surface area contributed by atoms with Gasteiger partial charge in [-0.15, -0.1) is 5.10 Å². The number of nitrogens with zero attached hydrogens (tertiary/aromatic N) is 3. The van der Waals surface area contributed by atoms with E-state index in [-0.39, 0.29) is 11.8 Å². The van der Waals surface area contributed by atoms with Gasteiger partial charge < -0.3 is 10.1 Å². The zero-order valence-electron chi connectivity index (χ0n) is 11.4. The highest BCUT2D eigenvalue weighted by molar-refractivity contribution is 5.41. The van der Waals surface area contributed by atoms with Crippen molar-refractivity contribution in [3.8, 4) is 11.4 Å². The summed E-state index contributed by atoms with van der Waals surface area (Å²) in [4.78, 5) is 0. The van der Waals surface area contributed by atoms with Crippen LogP contribution in [0.5, 0.6) is 5.75 Å². The Kier molecular flexibility index (Phi) is 3.80. The van der Waals surface area contributed by atoms with Gasteiger partial charge in [0.1, 0.15) is 5.69 Å². The molecule has 0 radical (unpaired) electrons. The molecule has 1 aromatic heterocycles. The van der Waals surface area contributed by atoms with E-state index in [1.807, 2.05) is 20.9 Å². The van der Waals surface area contributed by atoms with Crippen molar-refractivity contribution in [3.63, 3.8) is 0 Å². The molecule has 0 spiro atoms. The first-order valence-electron chi connectivity index (χ1n) is 6.01. The summed E-state index contributed by atoms with van der Waals surface area (Å²) in [6.45, 7) is 3.94. The molecular formula is C13H17FN4O. The number of methoxy groups -OCH3 is 1. The fourth-order valence-electron chi connectivity index (χ4n) is 1.90. The molecule has 0 saturated heterocycles. The molecule has 2 rings (SSSR count). The van der Waals surface area contributed by atoms with E-state index in [0.717, 1.165) is 17.1 Å². The van der Waals surface area contributed by atoms with Gasteiger partial charge in [0.05, 0.1) is 24.5 Å². The first-order chi connectivity index (χ1) is 9.08. The number of hydrogen-bond acceptors (Lipinski definition) is 4. The predicted molar refractivity (Wildman–Crippen MR) is 70.1 cm³/mol. The third-order valence-electron chi connectivity index (χ3n) is 3.15. The van der Waals surface area contributed by atoms with Gasteiger partial charge in [0.15, 0.2) is 11.6 Å². The van der Waals surface area contributed by atoms with Crippen molar-refractivity contribution in [1.29, 1.82) is 0 Å². The fourth-order valence-corrected chi connectivity index (χ4v) is 1.90. The summed E-state index contributed by atoms with van der Waals surface area (Å²) >= 11 is 0. The van der Waals surface area contributed by atoms with Crippen LogP contribution in [0.3, 0.4) is 0 Å². The molecule has 2 aromatic rings. The van der Waals surface area contributed by atoms with Gasteiger partial charge in [0.2, 0.25) is 0 Å². The largest absolute Gasteiger partial charge is 0.494 e. The van der Waals surface area contributed by atoms with E-state index in [2.05, 4.69) is 15.6 Å². The Morgan fingerprint density at radius 3 is 2.79 bits per heavy atom. The van der Waals surface area contributed by atoms with Crippen molar-refractivity contribution in [1.82, 2.24) is 20.3 Å². The highest BCUT2D eigenvalue weighted by Gasteiger charge is 2.15. The van der Waals surface area contributed by atoms with E-state index >= 15 is 0 Å². The van der Waals surface area contributed by atoms with Gasteiger partial charge in [-0.25, -0.2) is 9.07 Å². The maximum absolute atomic E-state index is 13.4. The highest BCUT2D eigenvalue weighted by Crippen LogP contribution is 2.23. The molecule has 1 unspecified atom stereocenters. The summed E-state index contributed by atoms with van der Waals surface area (Å²) < 4.78 is 20.0. The number of nitrogens with one attached hydrogen (secondary N) is 1. The van der Waals surface area contributed by atoms with E-state index in [1.54, 1.807) is 16.8 Å². The van der Waals surface area contributed by atoms with Crippen LogP contribution in [-0.4, -0.2) is 29.2 Å². The Bertz CT molecular complexity index is 582. The molecule has 102 valence electrons. The second-order valence-electron chi connectivity index (χ2n) is 4.30. The minimum atomic E-state index is -0.396. The summed E-state index contributed by atoms with van der Waals surface area (Å²) in [6.07, 6.45) is 0. The van der Waals surface area contributed by atoms with E-state index in [0.29, 0.717) is 0 Å². The van der Waals surface area contributed by atoms with Gasteiger partial charge >= 0.3 is 0 Å². The molecule has 0 amide bonds. The van der Waals surface area contributed by atoms with Gasteiger partial charge in [-0.3, -0.25) is 0 Å². The molecule has 0 bridgehead atoms. The van der Waals surface area contributed by atoms with E-state index < -0.39 is 5.82 Å². The van der Waals surface area contributed by atoms with Crippen molar-refractivity contribution in [2.45, 2.75) is 19.9 Å². The number of ether oxygens (including phenoxy) is 1. The fraction of sp³-hybridized carbons (Fsp3) is 0.385. The number of benzene rings is 1. The van der Waals surface area contributed by atoms with Crippen LogP contribution in [0.15, 0.2) is 18.2 Å². The second kappa shape index (κ2) is 5.36. The first-order valence-corrected chi connectivity index (χ1v) is 6.01. The Hall–Kier alpha value is -1.95. The number of rotatable bonds is 4. The minimum Gasteiger partial charge on any atom is -0.494 e. The SMILES string of the molecule is CNC(C)c1nnn(-c2ccc(F)c(OC)c2)c1C. The lowest BCUT2D eigenvalue weighted by Gasteiger charge is -2.09. The van der Waals surface area contributed by atoms with Crippen molar-refractivity contribution < 1.29 is 9.13 Å². The molecule has 0 aliphatic carbocycles. The highest BCUT2D eigenvalue weighted by atomic mass is 19.1. The first kappa shape index (κ1) is 13.5. The number of halogens is 1. The lowest BCUT2D eigenvalue weighted by Crippen LogP contribution is -2.14. The third kappa shape index (κ3) is 2.44. The minimum absolute atomic E-state index is 0.107. The van der Waals surface area contributed by atoms with E-state index in [4.69, 9.17) is 4.74 Å². The van der Waals surface area contributed by atoms with Crippen LogP contribution >= 0.6 is 0 Å². The topological polar surface area (TPSA) is 52.0 Å². The lowest BCUT2D eigenvalue weighted by atomic mass is 10.2. The van der Waals surface area contributed by atoms with E-state index in [1.165, 1.54) is 13.2 Å². The van der Waals surface area contributed by atoms with Crippen LogP contribution in [0.2, 0.25) is 0 Å². The van der Waals surface area contributed by atoms with Gasteiger partial charge in [-0.1, -0.05) is 5.21 Å². The summed E-state index contributed by atoms with van der Waals surface area (Å²) in [5.74, 6) is -0.205. The lowest BCUT2D eigenvalue weighted by molar-refractivity contribution is 0.386. The molecular weight excluding hydrogens is 247 g/mol. The van der Waals surface area contributed by atoms with Crippen LogP contribution < -0.4 is 10.1 Å². The Morgan fingerprint density at radius 2 is 2.16 bits per heavy atom. The maximum atomic E-state index is 13.4. The predicted octanol–water partition coefficient (Wildman–Crippen LogP) is 2.00. The average molecular weight is 264 g/mol. The van der Waals surface area contributed by atoms with Crippen LogP contribution in [0.4, 0.5) is 4.39 Å². The molecule has 19 heavy (non-hydrogen) atoms. The molecule has 0 saturated carbocycles. The second-order valence-corrected chi connectivity index (χ2v) is 4.30. The van der Waals surface area contributed by atoms with Gasteiger partial charge in [-0.05, 0) is 33.0 Å². The van der Waals surface area contributed by atoms with Crippen molar-refractivity contribution in [2.75, 3.05) is 14.2 Å². The average Bonchev–Trinajstić information content (AvgIpc) is 2.80. The molecule has 0 aliphatic rings. The van der Waals surface area contributed by atoms with E-state index in [9.17, 15) is 4.39 Å². The summed E-state index contributed by atoms with van der Waals surface area (Å²) in [7, 11) is 3.30. The molecule has 6 heteroatoms. The van der Waals surface area contributed by atoms with Crippen molar-refractivity contribution in [3.05, 3.63) is 35.4 Å². The number of aromatic nitrogens is 3. The maximum Gasteiger partial charge on any atom is 0.165 e. The Morgan fingerprint density at radius 1 is 1.42 bits per heavy atom. The summed E-state index contributed by atoms with van der Waals surface area (Å²) in [5.41, 5.74) is 2.50. The molecule has 1 atom stereocenters. The van der Waals surface area contributed by atoms with Crippen LogP contribution in [-0.2, 0) is 0 Å². The molecule has 5 nitrogen and oxygen atoms in total. The monoisotopic (exact) mass is 264 g/mol. The summed E-state index contributed by atoms with van der Waals surface area (Å²) in [6, 6.07) is 4.71. The molecule has 1 aromatic carbocycles. The summed E-state index contributed by atoms with van der Waals surface area (Å²) in [5, 5.41) is 11.4. The standard InChI is InChI=1S/C13H17FN4O/c1-8(15-3)13-9(2)18(17-16-13)10-5-6-11(14)12(7-10)19-4/h5-8,15H,1-4H3. The molecule has 0 aliphatic heterocycles. The Labute approximate surface area is 111 Å².